The summed E-state index contributed by atoms with van der Waals surface area (Å²) in [5.41, 5.74) is 0. The van der Waals surface area contributed by atoms with E-state index in [1.807, 2.05) is 4.90 Å². The van der Waals surface area contributed by atoms with Gasteiger partial charge in [0.2, 0.25) is 5.91 Å². The first-order valence-electron chi connectivity index (χ1n) is 7.76. The molecule has 3 rings (SSSR count). The Balaban J connectivity index is 1.65. The van der Waals surface area contributed by atoms with Crippen molar-refractivity contribution in [3.8, 4) is 5.88 Å². The van der Waals surface area contributed by atoms with Crippen molar-refractivity contribution in [3.63, 3.8) is 0 Å². The third-order valence-corrected chi connectivity index (χ3v) is 4.23. The lowest BCUT2D eigenvalue weighted by molar-refractivity contribution is -0.135. The Morgan fingerprint density at radius 3 is 2.91 bits per heavy atom. The molecule has 7 nitrogen and oxygen atoms in total. The minimum Gasteiger partial charge on any atom is -0.478 e. The normalized spacial score (nSPS) is 22.5. The predicted molar refractivity (Wildman–Crippen MR) is 80.9 cm³/mol. The Kier molecular flexibility index (Phi) is 4.72. The Morgan fingerprint density at radius 1 is 1.27 bits per heavy atom. The zero-order valence-electron chi connectivity index (χ0n) is 12.9. The number of carbonyl (C=O) groups excluding carboxylic acids is 1. The average Bonchev–Trinajstić information content (AvgIpc) is 2.99. The van der Waals surface area contributed by atoms with Gasteiger partial charge in [-0.3, -0.25) is 4.79 Å². The van der Waals surface area contributed by atoms with Crippen LogP contribution in [0.3, 0.4) is 0 Å². The van der Waals surface area contributed by atoms with Crippen LogP contribution in [0.15, 0.2) is 12.4 Å². The molecule has 0 saturated carbocycles. The lowest BCUT2D eigenvalue weighted by Crippen LogP contribution is -2.39. The van der Waals surface area contributed by atoms with Gasteiger partial charge in [-0.25, -0.2) is 9.97 Å². The lowest BCUT2D eigenvalue weighted by Gasteiger charge is -2.24. The van der Waals surface area contributed by atoms with E-state index in [0.717, 1.165) is 38.3 Å². The van der Waals surface area contributed by atoms with Gasteiger partial charge in [0.1, 0.15) is 0 Å². The van der Waals surface area contributed by atoms with Gasteiger partial charge in [-0.05, 0) is 12.8 Å². The quantitative estimate of drug-likeness (QED) is 0.813. The van der Waals surface area contributed by atoms with E-state index in [-0.39, 0.29) is 11.8 Å². The molecule has 2 aliphatic rings. The first-order valence-corrected chi connectivity index (χ1v) is 7.76. The van der Waals surface area contributed by atoms with E-state index in [1.54, 1.807) is 19.5 Å². The van der Waals surface area contributed by atoms with Gasteiger partial charge in [-0.2, -0.15) is 0 Å². The molecular formula is C15H22N4O3. The van der Waals surface area contributed by atoms with Crippen molar-refractivity contribution in [1.29, 1.82) is 0 Å². The number of nitrogens with zero attached hydrogens (tertiary/aromatic N) is 4. The van der Waals surface area contributed by atoms with Crippen molar-refractivity contribution in [1.82, 2.24) is 14.9 Å². The fourth-order valence-electron chi connectivity index (χ4n) is 3.02. The molecule has 2 fully saturated rings. The average molecular weight is 306 g/mol. The number of hydrogen-bond acceptors (Lipinski definition) is 6. The Morgan fingerprint density at radius 2 is 2.14 bits per heavy atom. The van der Waals surface area contributed by atoms with Crippen LogP contribution in [0.4, 0.5) is 5.82 Å². The standard InChI is InChI=1S/C15H22N4O3/c1-21-14-13(16-4-5-17-14)18-6-2-7-19(9-8-18)15(20)12-3-10-22-11-12/h4-5,12H,2-3,6-11H2,1H3. The molecule has 2 saturated heterocycles. The number of methoxy groups -OCH3 is 1. The highest BCUT2D eigenvalue weighted by molar-refractivity contribution is 5.79. The van der Waals surface area contributed by atoms with Gasteiger partial charge in [0, 0.05) is 45.2 Å². The topological polar surface area (TPSA) is 67.8 Å². The third kappa shape index (κ3) is 3.14. The fraction of sp³-hybridized carbons (Fsp3) is 0.667. The van der Waals surface area contributed by atoms with Crippen LogP contribution in [-0.4, -0.2) is 67.3 Å². The first-order chi connectivity index (χ1) is 10.8. The van der Waals surface area contributed by atoms with E-state index in [2.05, 4.69) is 14.9 Å². The van der Waals surface area contributed by atoms with Crippen LogP contribution in [0.5, 0.6) is 5.88 Å². The van der Waals surface area contributed by atoms with Gasteiger partial charge in [0.15, 0.2) is 5.82 Å². The minimum atomic E-state index is 0.0394. The highest BCUT2D eigenvalue weighted by Gasteiger charge is 2.29. The van der Waals surface area contributed by atoms with E-state index in [4.69, 9.17) is 9.47 Å². The number of amides is 1. The van der Waals surface area contributed by atoms with Gasteiger partial charge in [-0.15, -0.1) is 0 Å². The summed E-state index contributed by atoms with van der Waals surface area (Å²) in [6, 6.07) is 0. The maximum atomic E-state index is 12.5. The molecule has 1 unspecified atom stereocenters. The summed E-state index contributed by atoms with van der Waals surface area (Å²) in [6.45, 7) is 4.35. The minimum absolute atomic E-state index is 0.0394. The molecule has 22 heavy (non-hydrogen) atoms. The van der Waals surface area contributed by atoms with E-state index >= 15 is 0 Å². The van der Waals surface area contributed by atoms with Gasteiger partial charge < -0.3 is 19.3 Å². The molecule has 1 aromatic heterocycles. The summed E-state index contributed by atoms with van der Waals surface area (Å²) in [6.07, 6.45) is 5.05. The molecule has 0 radical (unpaired) electrons. The molecule has 7 heteroatoms. The number of hydrogen-bond donors (Lipinski definition) is 0. The van der Waals surface area contributed by atoms with E-state index in [9.17, 15) is 4.79 Å². The van der Waals surface area contributed by atoms with Gasteiger partial charge in [-0.1, -0.05) is 0 Å². The zero-order chi connectivity index (χ0) is 15.4. The molecule has 1 amide bonds. The summed E-state index contributed by atoms with van der Waals surface area (Å²) >= 11 is 0. The van der Waals surface area contributed by atoms with Crippen molar-refractivity contribution >= 4 is 11.7 Å². The second-order valence-corrected chi connectivity index (χ2v) is 5.62. The SMILES string of the molecule is COc1nccnc1N1CCCN(C(=O)C2CCOC2)CC1. The summed E-state index contributed by atoms with van der Waals surface area (Å²) in [5.74, 6) is 1.55. The molecule has 2 aliphatic heterocycles. The molecular weight excluding hydrogens is 284 g/mol. The van der Waals surface area contributed by atoms with Gasteiger partial charge in [0.05, 0.1) is 19.6 Å². The highest BCUT2D eigenvalue weighted by atomic mass is 16.5. The molecule has 0 aromatic carbocycles. The van der Waals surface area contributed by atoms with Crippen molar-refractivity contribution in [2.45, 2.75) is 12.8 Å². The maximum Gasteiger partial charge on any atom is 0.257 e. The molecule has 0 aliphatic carbocycles. The molecule has 1 atom stereocenters. The number of rotatable bonds is 3. The molecule has 1 aromatic rings. The van der Waals surface area contributed by atoms with Crippen LogP contribution < -0.4 is 9.64 Å². The van der Waals surface area contributed by atoms with Crippen molar-refractivity contribution in [2.75, 3.05) is 51.4 Å². The maximum absolute atomic E-state index is 12.5. The molecule has 0 N–H and O–H groups in total. The molecule has 3 heterocycles. The second kappa shape index (κ2) is 6.91. The van der Waals surface area contributed by atoms with E-state index in [1.165, 1.54) is 0 Å². The Hall–Kier alpha value is -1.89. The van der Waals surface area contributed by atoms with Crippen LogP contribution in [0, 0.1) is 5.92 Å². The van der Waals surface area contributed by atoms with Crippen LogP contribution in [-0.2, 0) is 9.53 Å². The second-order valence-electron chi connectivity index (χ2n) is 5.62. The van der Waals surface area contributed by atoms with Crippen molar-refractivity contribution < 1.29 is 14.3 Å². The molecule has 0 spiro atoms. The summed E-state index contributed by atoms with van der Waals surface area (Å²) in [4.78, 5) is 25.2. The summed E-state index contributed by atoms with van der Waals surface area (Å²) in [5, 5.41) is 0. The van der Waals surface area contributed by atoms with Gasteiger partial charge >= 0.3 is 0 Å². The van der Waals surface area contributed by atoms with E-state index in [0.29, 0.717) is 25.6 Å². The van der Waals surface area contributed by atoms with Crippen LogP contribution >= 0.6 is 0 Å². The lowest BCUT2D eigenvalue weighted by atomic mass is 10.1. The van der Waals surface area contributed by atoms with Crippen LogP contribution in [0.1, 0.15) is 12.8 Å². The first kappa shape index (κ1) is 15.0. The number of carbonyl (C=O) groups is 1. The predicted octanol–water partition coefficient (Wildman–Crippen LogP) is 0.560. The molecule has 120 valence electrons. The van der Waals surface area contributed by atoms with Gasteiger partial charge in [0.25, 0.3) is 5.88 Å². The Labute approximate surface area is 130 Å². The number of anilines is 1. The number of ether oxygens (including phenoxy) is 2. The largest absolute Gasteiger partial charge is 0.478 e. The number of aromatic nitrogens is 2. The summed E-state index contributed by atoms with van der Waals surface area (Å²) in [7, 11) is 1.60. The summed E-state index contributed by atoms with van der Waals surface area (Å²) < 4.78 is 10.6. The molecule has 0 bridgehead atoms. The monoisotopic (exact) mass is 306 g/mol. The van der Waals surface area contributed by atoms with Crippen LogP contribution in [0.2, 0.25) is 0 Å². The smallest absolute Gasteiger partial charge is 0.257 e. The highest BCUT2D eigenvalue weighted by Crippen LogP contribution is 2.24. The zero-order valence-corrected chi connectivity index (χ0v) is 12.9. The van der Waals surface area contributed by atoms with Crippen molar-refractivity contribution in [2.24, 2.45) is 5.92 Å². The fourth-order valence-corrected chi connectivity index (χ4v) is 3.02. The van der Waals surface area contributed by atoms with E-state index < -0.39 is 0 Å². The van der Waals surface area contributed by atoms with Crippen LogP contribution in [0.25, 0.3) is 0 Å². The van der Waals surface area contributed by atoms with Crippen molar-refractivity contribution in [3.05, 3.63) is 12.4 Å². The Bertz CT molecular complexity index is 519. The third-order valence-electron chi connectivity index (χ3n) is 4.23.